The van der Waals surface area contributed by atoms with Crippen LogP contribution in [0.15, 0.2) is 0 Å². The summed E-state index contributed by atoms with van der Waals surface area (Å²) in [7, 11) is 2.39. The molecule has 2 N–H and O–H groups in total. The summed E-state index contributed by atoms with van der Waals surface area (Å²) in [6.45, 7) is 10.2. The number of carbonyl (C=O) groups is 4. The molecule has 2 amide bonds. The molecule has 0 bridgehead atoms. The van der Waals surface area contributed by atoms with Crippen molar-refractivity contribution in [1.82, 2.24) is 10.6 Å². The molecule has 2 atom stereocenters. The molecule has 10 nitrogen and oxygen atoms in total. The Morgan fingerprint density at radius 3 is 1.28 bits per heavy atom. The summed E-state index contributed by atoms with van der Waals surface area (Å²) in [4.78, 5) is 47.7. The van der Waals surface area contributed by atoms with Gasteiger partial charge in [-0.1, -0.05) is 0 Å². The number of hydrogen-bond acceptors (Lipinski definition) is 9. The lowest BCUT2D eigenvalue weighted by Crippen LogP contribution is -2.47. The van der Waals surface area contributed by atoms with Crippen LogP contribution in [0.3, 0.4) is 0 Å². The molecule has 0 rings (SSSR count). The molecule has 168 valence electrons. The Morgan fingerprint density at radius 2 is 1.03 bits per heavy atom. The zero-order valence-corrected chi connectivity index (χ0v) is 19.1. The second-order valence-corrected chi connectivity index (χ2v) is 9.06. The van der Waals surface area contributed by atoms with E-state index in [0.717, 1.165) is 11.8 Å². The van der Waals surface area contributed by atoms with Gasteiger partial charge in [-0.25, -0.2) is 19.2 Å². The van der Waals surface area contributed by atoms with Crippen LogP contribution in [0.1, 0.15) is 41.5 Å². The van der Waals surface area contributed by atoms with Crippen LogP contribution in [0, 0.1) is 0 Å². The molecule has 0 aromatic rings. The lowest BCUT2D eigenvalue weighted by atomic mass is 10.2. The summed E-state index contributed by atoms with van der Waals surface area (Å²) < 4.78 is 19.6. The Hall–Kier alpha value is -2.17. The van der Waals surface area contributed by atoms with E-state index in [9.17, 15) is 19.2 Å². The Kier molecular flexibility index (Phi) is 10.9. The number of ether oxygens (including phenoxy) is 4. The molecular weight excluding hydrogens is 404 g/mol. The van der Waals surface area contributed by atoms with Crippen LogP contribution in [0.25, 0.3) is 0 Å². The highest BCUT2D eigenvalue weighted by Gasteiger charge is 2.28. The Bertz CT molecular complexity index is 533. The van der Waals surface area contributed by atoms with Crippen LogP contribution >= 0.6 is 11.8 Å². The van der Waals surface area contributed by atoms with Crippen LogP contribution in [0.5, 0.6) is 0 Å². The van der Waals surface area contributed by atoms with Gasteiger partial charge in [0.05, 0.1) is 14.2 Å². The third-order valence-corrected chi connectivity index (χ3v) is 4.06. The molecule has 0 fully saturated rings. The number of hydrogen-bond donors (Lipinski definition) is 2. The third-order valence-electron chi connectivity index (χ3n) is 2.92. The molecular formula is C18H32N2O8S. The fourth-order valence-corrected chi connectivity index (χ4v) is 2.87. The van der Waals surface area contributed by atoms with Crippen molar-refractivity contribution in [3.8, 4) is 0 Å². The zero-order valence-electron chi connectivity index (χ0n) is 18.2. The lowest BCUT2D eigenvalue weighted by Gasteiger charge is -2.24. The Labute approximate surface area is 175 Å². The van der Waals surface area contributed by atoms with Crippen molar-refractivity contribution in [3.63, 3.8) is 0 Å². The standard InChI is InChI=1S/C18H32N2O8S/c1-17(2,3)27-15(23)19-11(13(21)25-7)9-29-10-12(14(22)26-8)20-16(24)28-18(4,5)6/h11-12H,9-10H2,1-8H3,(H,19,23)(H,20,24). The van der Waals surface area contributed by atoms with Gasteiger partial charge >= 0.3 is 24.1 Å². The van der Waals surface area contributed by atoms with Crippen molar-refractivity contribution in [2.45, 2.75) is 64.8 Å². The van der Waals surface area contributed by atoms with E-state index in [4.69, 9.17) is 9.47 Å². The molecule has 0 aromatic carbocycles. The van der Waals surface area contributed by atoms with Crippen molar-refractivity contribution in [2.24, 2.45) is 0 Å². The normalized spacial score (nSPS) is 13.5. The third kappa shape index (κ3) is 12.8. The van der Waals surface area contributed by atoms with Gasteiger partial charge < -0.3 is 29.6 Å². The fourth-order valence-electron chi connectivity index (χ4n) is 1.83. The highest BCUT2D eigenvalue weighted by Crippen LogP contribution is 2.12. The van der Waals surface area contributed by atoms with Gasteiger partial charge in [0.2, 0.25) is 0 Å². The lowest BCUT2D eigenvalue weighted by molar-refractivity contribution is -0.143. The summed E-state index contributed by atoms with van der Waals surface area (Å²) in [5, 5.41) is 4.86. The quantitative estimate of drug-likeness (QED) is 0.432. The van der Waals surface area contributed by atoms with Crippen molar-refractivity contribution < 1.29 is 38.1 Å². The molecule has 0 spiro atoms. The van der Waals surface area contributed by atoms with E-state index in [2.05, 4.69) is 20.1 Å². The van der Waals surface area contributed by atoms with Gasteiger partial charge in [-0.3, -0.25) is 0 Å². The monoisotopic (exact) mass is 436 g/mol. The van der Waals surface area contributed by atoms with E-state index < -0.39 is 47.4 Å². The summed E-state index contributed by atoms with van der Waals surface area (Å²) >= 11 is 1.13. The number of carbonyl (C=O) groups excluding carboxylic acids is 4. The maximum absolute atomic E-state index is 11.9. The smallest absolute Gasteiger partial charge is 0.408 e. The van der Waals surface area contributed by atoms with E-state index in [0.29, 0.717) is 0 Å². The first-order valence-electron chi connectivity index (χ1n) is 8.91. The average molecular weight is 437 g/mol. The van der Waals surface area contributed by atoms with Crippen LogP contribution in [-0.4, -0.2) is 73.1 Å². The minimum absolute atomic E-state index is 0.0788. The zero-order chi connectivity index (χ0) is 22.8. The van der Waals surface area contributed by atoms with Crippen LogP contribution in [0.4, 0.5) is 9.59 Å². The first kappa shape index (κ1) is 26.8. The predicted molar refractivity (Wildman–Crippen MR) is 108 cm³/mol. The highest BCUT2D eigenvalue weighted by molar-refractivity contribution is 7.99. The van der Waals surface area contributed by atoms with Gasteiger partial charge in [-0.15, -0.1) is 0 Å². The number of alkyl carbamates (subject to hydrolysis) is 2. The summed E-state index contributed by atoms with van der Waals surface area (Å²) in [5.74, 6) is -1.18. The minimum atomic E-state index is -1.00. The van der Waals surface area contributed by atoms with E-state index in [1.807, 2.05) is 0 Å². The number of esters is 2. The summed E-state index contributed by atoms with van der Waals surface area (Å²) in [6, 6.07) is -2.00. The topological polar surface area (TPSA) is 129 Å². The van der Waals surface area contributed by atoms with Crippen molar-refractivity contribution >= 4 is 35.9 Å². The van der Waals surface area contributed by atoms with E-state index in [1.54, 1.807) is 41.5 Å². The van der Waals surface area contributed by atoms with Gasteiger partial charge in [0.15, 0.2) is 0 Å². The second-order valence-electron chi connectivity index (χ2n) is 7.98. The molecule has 0 saturated carbocycles. The van der Waals surface area contributed by atoms with Crippen LogP contribution in [-0.2, 0) is 28.5 Å². The molecule has 0 saturated heterocycles. The molecule has 29 heavy (non-hydrogen) atoms. The van der Waals surface area contributed by atoms with Gasteiger partial charge in [-0.05, 0) is 41.5 Å². The van der Waals surface area contributed by atoms with Gasteiger partial charge in [-0.2, -0.15) is 11.8 Å². The maximum atomic E-state index is 11.9. The number of nitrogens with one attached hydrogen (secondary N) is 2. The minimum Gasteiger partial charge on any atom is -0.467 e. The number of methoxy groups -OCH3 is 2. The fraction of sp³-hybridized carbons (Fsp3) is 0.778. The highest BCUT2D eigenvalue weighted by atomic mass is 32.2. The SMILES string of the molecule is COC(=O)C(CSCC(NC(=O)OC(C)(C)C)C(=O)OC)NC(=O)OC(C)(C)C. The average Bonchev–Trinajstić information content (AvgIpc) is 2.55. The molecule has 2 unspecified atom stereocenters. The summed E-state index contributed by atoms with van der Waals surface area (Å²) in [5.41, 5.74) is -1.46. The number of rotatable bonds is 8. The molecule has 0 aliphatic carbocycles. The predicted octanol–water partition coefficient (Wildman–Crippen LogP) is 1.85. The first-order valence-corrected chi connectivity index (χ1v) is 10.1. The maximum Gasteiger partial charge on any atom is 0.408 e. The Balaban J connectivity index is 4.89. The first-order chi connectivity index (χ1) is 13.2. The number of amides is 2. The molecule has 11 heteroatoms. The van der Waals surface area contributed by atoms with Crippen LogP contribution in [0.2, 0.25) is 0 Å². The van der Waals surface area contributed by atoms with Gasteiger partial charge in [0.1, 0.15) is 23.3 Å². The molecule has 0 aliphatic heterocycles. The van der Waals surface area contributed by atoms with E-state index in [1.165, 1.54) is 14.2 Å². The molecule has 0 radical (unpaired) electrons. The van der Waals surface area contributed by atoms with Gasteiger partial charge in [0.25, 0.3) is 0 Å². The number of thioether (sulfide) groups is 1. The van der Waals surface area contributed by atoms with Gasteiger partial charge in [0, 0.05) is 11.5 Å². The Morgan fingerprint density at radius 1 is 0.724 bits per heavy atom. The largest absolute Gasteiger partial charge is 0.467 e. The molecule has 0 aliphatic rings. The second kappa shape index (κ2) is 11.7. The van der Waals surface area contributed by atoms with Crippen LogP contribution < -0.4 is 10.6 Å². The van der Waals surface area contributed by atoms with Crippen molar-refractivity contribution in [2.75, 3.05) is 25.7 Å². The molecule has 0 aromatic heterocycles. The summed E-state index contributed by atoms with van der Waals surface area (Å²) in [6.07, 6.45) is -1.55. The molecule has 0 heterocycles. The van der Waals surface area contributed by atoms with E-state index in [-0.39, 0.29) is 11.5 Å². The van der Waals surface area contributed by atoms with E-state index >= 15 is 0 Å². The van der Waals surface area contributed by atoms with Crippen molar-refractivity contribution in [3.05, 3.63) is 0 Å². The van der Waals surface area contributed by atoms with Crippen molar-refractivity contribution in [1.29, 1.82) is 0 Å².